The highest BCUT2D eigenvalue weighted by molar-refractivity contribution is 9.10. The first-order valence-electron chi connectivity index (χ1n) is 7.43. The second kappa shape index (κ2) is 7.89. The van der Waals surface area contributed by atoms with Crippen LogP contribution in [0.15, 0.2) is 59.6 Å². The Balaban J connectivity index is 1.61. The van der Waals surface area contributed by atoms with E-state index in [4.69, 9.17) is 4.74 Å². The maximum Gasteiger partial charge on any atom is 0.256 e. The topological polar surface area (TPSA) is 69.0 Å². The van der Waals surface area contributed by atoms with Crippen LogP contribution in [0.4, 0.5) is 10.1 Å². The molecule has 1 N–H and O–H groups in total. The summed E-state index contributed by atoms with van der Waals surface area (Å²) in [5.41, 5.74) is 0.929. The van der Waals surface area contributed by atoms with Crippen molar-refractivity contribution in [2.24, 2.45) is 0 Å². The molecule has 0 aliphatic heterocycles. The van der Waals surface area contributed by atoms with Crippen LogP contribution in [0.2, 0.25) is 0 Å². The second-order valence-corrected chi connectivity index (χ2v) is 5.97. The zero-order chi connectivity index (χ0) is 17.6. The third-order valence-corrected chi connectivity index (χ3v) is 3.98. The SMILES string of the molecule is O=C(Nc1cccc(OCCn2cncn2)c1)c1ccc(F)cc1Br. The number of halogens is 2. The quantitative estimate of drug-likeness (QED) is 0.682. The summed E-state index contributed by atoms with van der Waals surface area (Å²) in [4.78, 5) is 16.2. The summed E-state index contributed by atoms with van der Waals surface area (Å²) in [6.45, 7) is 0.989. The maximum atomic E-state index is 13.1. The molecule has 1 heterocycles. The minimum Gasteiger partial charge on any atom is -0.492 e. The molecule has 0 spiro atoms. The molecule has 0 unspecified atom stereocenters. The lowest BCUT2D eigenvalue weighted by Crippen LogP contribution is -2.13. The van der Waals surface area contributed by atoms with Crippen LogP contribution in [0.3, 0.4) is 0 Å². The molecule has 0 bridgehead atoms. The first kappa shape index (κ1) is 17.1. The molecule has 128 valence electrons. The lowest BCUT2D eigenvalue weighted by Gasteiger charge is -2.10. The first-order valence-corrected chi connectivity index (χ1v) is 8.23. The molecule has 25 heavy (non-hydrogen) atoms. The molecule has 3 aromatic rings. The molecule has 0 fully saturated rings. The third kappa shape index (κ3) is 4.63. The predicted octanol–water partition coefficient (Wildman–Crippen LogP) is 3.51. The number of ether oxygens (including phenoxy) is 1. The van der Waals surface area contributed by atoms with Crippen molar-refractivity contribution in [3.8, 4) is 5.75 Å². The summed E-state index contributed by atoms with van der Waals surface area (Å²) < 4.78 is 20.8. The summed E-state index contributed by atoms with van der Waals surface area (Å²) in [7, 11) is 0. The number of anilines is 1. The molecular weight excluding hydrogens is 391 g/mol. The number of rotatable bonds is 6. The number of hydrogen-bond acceptors (Lipinski definition) is 4. The van der Waals surface area contributed by atoms with Crippen LogP contribution in [0, 0.1) is 5.82 Å². The van der Waals surface area contributed by atoms with Gasteiger partial charge in [0.05, 0.1) is 12.1 Å². The molecule has 0 aliphatic rings. The largest absolute Gasteiger partial charge is 0.492 e. The van der Waals surface area contributed by atoms with Crippen LogP contribution in [0.25, 0.3) is 0 Å². The normalized spacial score (nSPS) is 10.5. The van der Waals surface area contributed by atoms with Crippen LogP contribution in [0.1, 0.15) is 10.4 Å². The standard InChI is InChI=1S/C17H14BrFN4O2/c18-16-8-12(19)4-5-15(16)17(24)22-13-2-1-3-14(9-13)25-7-6-23-11-20-10-21-23/h1-5,8-11H,6-7H2,(H,22,24). The predicted molar refractivity (Wildman–Crippen MR) is 94.0 cm³/mol. The number of nitrogens with one attached hydrogen (secondary N) is 1. The van der Waals surface area contributed by atoms with Gasteiger partial charge in [0.1, 0.15) is 30.8 Å². The highest BCUT2D eigenvalue weighted by Crippen LogP contribution is 2.21. The fourth-order valence-electron chi connectivity index (χ4n) is 2.14. The highest BCUT2D eigenvalue weighted by atomic mass is 79.9. The minimum atomic E-state index is -0.411. The van der Waals surface area contributed by atoms with Gasteiger partial charge in [-0.2, -0.15) is 5.10 Å². The molecule has 1 aromatic heterocycles. The van der Waals surface area contributed by atoms with Gasteiger partial charge in [0.25, 0.3) is 5.91 Å². The molecule has 8 heteroatoms. The monoisotopic (exact) mass is 404 g/mol. The van der Waals surface area contributed by atoms with Gasteiger partial charge in [-0.3, -0.25) is 4.79 Å². The Hall–Kier alpha value is -2.74. The van der Waals surface area contributed by atoms with E-state index in [1.54, 1.807) is 35.3 Å². The molecule has 0 atom stereocenters. The summed E-state index contributed by atoms with van der Waals surface area (Å²) >= 11 is 3.19. The Kier molecular flexibility index (Phi) is 5.39. The number of carbonyl (C=O) groups is 1. The van der Waals surface area contributed by atoms with Crippen molar-refractivity contribution in [1.82, 2.24) is 14.8 Å². The number of hydrogen-bond donors (Lipinski definition) is 1. The summed E-state index contributed by atoms with van der Waals surface area (Å²) in [6.07, 6.45) is 3.07. The molecule has 0 saturated heterocycles. The summed E-state index contributed by atoms with van der Waals surface area (Å²) in [5, 5.41) is 6.75. The number of benzene rings is 2. The summed E-state index contributed by atoms with van der Waals surface area (Å²) in [5.74, 6) is -0.131. The van der Waals surface area contributed by atoms with Crippen molar-refractivity contribution < 1.29 is 13.9 Å². The Morgan fingerprint density at radius 3 is 2.92 bits per heavy atom. The smallest absolute Gasteiger partial charge is 0.256 e. The van der Waals surface area contributed by atoms with Crippen LogP contribution in [0.5, 0.6) is 5.75 Å². The van der Waals surface area contributed by atoms with Crippen molar-refractivity contribution in [2.75, 3.05) is 11.9 Å². The fourth-order valence-corrected chi connectivity index (χ4v) is 2.67. The fraction of sp³-hybridized carbons (Fsp3) is 0.118. The van der Waals surface area contributed by atoms with Gasteiger partial charge in [-0.15, -0.1) is 0 Å². The Labute approximate surface area is 151 Å². The molecule has 6 nitrogen and oxygen atoms in total. The van der Waals surface area contributed by atoms with Crippen molar-refractivity contribution in [2.45, 2.75) is 6.54 Å². The third-order valence-electron chi connectivity index (χ3n) is 3.32. The first-order chi connectivity index (χ1) is 12.1. The summed E-state index contributed by atoms with van der Waals surface area (Å²) in [6, 6.07) is 11.0. The van der Waals surface area contributed by atoms with E-state index in [0.717, 1.165) is 0 Å². The van der Waals surface area contributed by atoms with Crippen molar-refractivity contribution >= 4 is 27.5 Å². The van der Waals surface area contributed by atoms with E-state index in [1.807, 2.05) is 0 Å². The minimum absolute atomic E-state index is 0.341. The highest BCUT2D eigenvalue weighted by Gasteiger charge is 2.11. The van der Waals surface area contributed by atoms with E-state index >= 15 is 0 Å². The Bertz CT molecular complexity index is 871. The van der Waals surface area contributed by atoms with Crippen LogP contribution >= 0.6 is 15.9 Å². The molecule has 0 saturated carbocycles. The van der Waals surface area contributed by atoms with Gasteiger partial charge >= 0.3 is 0 Å². The van der Waals surface area contributed by atoms with Crippen molar-refractivity contribution in [3.05, 3.63) is 71.0 Å². The Morgan fingerprint density at radius 1 is 1.28 bits per heavy atom. The van der Waals surface area contributed by atoms with E-state index < -0.39 is 5.82 Å². The molecule has 0 aliphatic carbocycles. The Morgan fingerprint density at radius 2 is 2.16 bits per heavy atom. The maximum absolute atomic E-state index is 13.1. The van der Waals surface area contributed by atoms with E-state index in [0.29, 0.717) is 34.6 Å². The molecule has 1 amide bonds. The second-order valence-electron chi connectivity index (χ2n) is 5.11. The van der Waals surface area contributed by atoms with Gasteiger partial charge in [-0.05, 0) is 46.3 Å². The number of nitrogens with zero attached hydrogens (tertiary/aromatic N) is 3. The lowest BCUT2D eigenvalue weighted by molar-refractivity contribution is 0.102. The number of aromatic nitrogens is 3. The van der Waals surface area contributed by atoms with Crippen molar-refractivity contribution in [3.63, 3.8) is 0 Å². The molecular formula is C17H14BrFN4O2. The van der Waals surface area contributed by atoms with E-state index in [2.05, 4.69) is 31.3 Å². The van der Waals surface area contributed by atoms with Gasteiger partial charge < -0.3 is 10.1 Å². The van der Waals surface area contributed by atoms with E-state index in [9.17, 15) is 9.18 Å². The molecule has 3 rings (SSSR count). The van der Waals surface area contributed by atoms with Crippen LogP contribution in [-0.2, 0) is 6.54 Å². The van der Waals surface area contributed by atoms with Gasteiger partial charge in [0.15, 0.2) is 0 Å². The molecule has 0 radical (unpaired) electrons. The lowest BCUT2D eigenvalue weighted by atomic mass is 10.2. The average Bonchev–Trinajstić information content (AvgIpc) is 3.08. The van der Waals surface area contributed by atoms with E-state index in [1.165, 1.54) is 24.5 Å². The van der Waals surface area contributed by atoms with Gasteiger partial charge in [-0.1, -0.05) is 6.07 Å². The zero-order valence-corrected chi connectivity index (χ0v) is 14.6. The van der Waals surface area contributed by atoms with Gasteiger partial charge in [-0.25, -0.2) is 14.1 Å². The van der Waals surface area contributed by atoms with Gasteiger partial charge in [0.2, 0.25) is 0 Å². The van der Waals surface area contributed by atoms with E-state index in [-0.39, 0.29) is 5.91 Å². The zero-order valence-electron chi connectivity index (χ0n) is 13.0. The average molecular weight is 405 g/mol. The van der Waals surface area contributed by atoms with Crippen molar-refractivity contribution in [1.29, 1.82) is 0 Å². The molecule has 2 aromatic carbocycles. The van der Waals surface area contributed by atoms with Crippen LogP contribution in [-0.4, -0.2) is 27.3 Å². The van der Waals surface area contributed by atoms with Crippen LogP contribution < -0.4 is 10.1 Å². The number of carbonyl (C=O) groups excluding carboxylic acids is 1. The number of amides is 1. The van der Waals surface area contributed by atoms with Gasteiger partial charge in [0, 0.05) is 16.2 Å².